The van der Waals surface area contributed by atoms with E-state index in [2.05, 4.69) is 32.7 Å². The van der Waals surface area contributed by atoms with Gasteiger partial charge in [0.05, 0.1) is 5.56 Å². The number of nitrogens with zero attached hydrogens (tertiary/aromatic N) is 1. The van der Waals surface area contributed by atoms with Crippen LogP contribution in [0.15, 0.2) is 24.3 Å². The maximum atomic E-state index is 12.8. The zero-order chi connectivity index (χ0) is 17.1. The molecule has 23 heavy (non-hydrogen) atoms. The second kappa shape index (κ2) is 6.99. The fourth-order valence-corrected chi connectivity index (χ4v) is 2.94. The number of amides is 1. The molecule has 2 aromatic rings. The molecule has 0 fully saturated rings. The van der Waals surface area contributed by atoms with Crippen LogP contribution in [0.3, 0.4) is 0 Å². The number of carbonyl (C=O) groups excluding carboxylic acids is 2. The van der Waals surface area contributed by atoms with E-state index in [1.165, 1.54) is 0 Å². The van der Waals surface area contributed by atoms with Crippen LogP contribution in [-0.2, 0) is 4.79 Å². The van der Waals surface area contributed by atoms with Crippen LogP contribution in [0.1, 0.15) is 43.7 Å². The number of nitrogens with one attached hydrogen (secondary N) is 1. The topological polar surface area (TPSA) is 53.2 Å². The van der Waals surface area contributed by atoms with E-state index in [-0.39, 0.29) is 0 Å². The molecule has 1 aromatic carbocycles. The highest BCUT2D eigenvalue weighted by atomic mass is 16.2. The number of ketones is 1. The molecule has 0 unspecified atom stereocenters. The highest BCUT2D eigenvalue weighted by Crippen LogP contribution is 2.23. The number of hydrogen-bond acceptors (Lipinski definition) is 2. The first-order chi connectivity index (χ1) is 10.8. The number of carbonyl (C=O) groups is 2. The Morgan fingerprint density at radius 2 is 1.61 bits per heavy atom. The Balaban J connectivity index is 2.36. The van der Waals surface area contributed by atoms with E-state index in [1.807, 2.05) is 31.2 Å². The maximum Gasteiger partial charge on any atom is 0.295 e. The number of H-pyrrole nitrogens is 1. The zero-order valence-electron chi connectivity index (χ0n) is 14.6. The third kappa shape index (κ3) is 3.81. The van der Waals surface area contributed by atoms with Crippen LogP contribution in [0, 0.1) is 18.8 Å². The van der Waals surface area contributed by atoms with Gasteiger partial charge in [0, 0.05) is 29.7 Å². The number of aromatic amines is 1. The molecule has 1 N–H and O–H groups in total. The Hall–Kier alpha value is -2.10. The molecule has 124 valence electrons. The first kappa shape index (κ1) is 17.3. The van der Waals surface area contributed by atoms with Gasteiger partial charge in [-0.15, -0.1) is 0 Å². The molecule has 4 nitrogen and oxygen atoms in total. The number of hydrogen-bond donors (Lipinski definition) is 1. The fraction of sp³-hybridized carbons (Fsp3) is 0.474. The van der Waals surface area contributed by atoms with Gasteiger partial charge < -0.3 is 9.88 Å². The van der Waals surface area contributed by atoms with Crippen LogP contribution in [0.4, 0.5) is 0 Å². The summed E-state index contributed by atoms with van der Waals surface area (Å²) in [5, 5.41) is 0.817. The lowest BCUT2D eigenvalue weighted by Crippen LogP contribution is -2.41. The van der Waals surface area contributed by atoms with Gasteiger partial charge in [0.15, 0.2) is 0 Å². The molecule has 0 aliphatic carbocycles. The molecule has 0 aliphatic heterocycles. The average Bonchev–Trinajstić information content (AvgIpc) is 2.79. The van der Waals surface area contributed by atoms with Gasteiger partial charge in [-0.05, 0) is 24.8 Å². The Morgan fingerprint density at radius 3 is 2.17 bits per heavy atom. The Bertz CT molecular complexity index is 703. The molecular weight excluding hydrogens is 288 g/mol. The van der Waals surface area contributed by atoms with Gasteiger partial charge in [0.25, 0.3) is 11.7 Å². The number of aromatic nitrogens is 1. The quantitative estimate of drug-likeness (QED) is 0.651. The van der Waals surface area contributed by atoms with Crippen molar-refractivity contribution in [2.45, 2.75) is 34.6 Å². The maximum absolute atomic E-state index is 12.8. The Morgan fingerprint density at radius 1 is 1.04 bits per heavy atom. The third-order valence-electron chi connectivity index (χ3n) is 3.77. The standard InChI is InChI=1S/C19H26N2O2/c1-12(2)10-21(11-13(3)4)19(23)18(22)17-14(5)20-16-9-7-6-8-15(16)17/h6-9,12-13,20H,10-11H2,1-5H3. The summed E-state index contributed by atoms with van der Waals surface area (Å²) in [6, 6.07) is 7.60. The Kier molecular flexibility index (Phi) is 5.24. The lowest BCUT2D eigenvalue weighted by Gasteiger charge is -2.25. The number of fused-ring (bicyclic) bond motifs is 1. The minimum Gasteiger partial charge on any atom is -0.358 e. The second-order valence-corrected chi connectivity index (χ2v) is 7.00. The average molecular weight is 314 g/mol. The van der Waals surface area contributed by atoms with Crippen molar-refractivity contribution in [1.29, 1.82) is 0 Å². The second-order valence-electron chi connectivity index (χ2n) is 7.00. The molecule has 0 saturated heterocycles. The van der Waals surface area contributed by atoms with Gasteiger partial charge in [-0.2, -0.15) is 0 Å². The monoisotopic (exact) mass is 314 g/mol. The first-order valence-electron chi connectivity index (χ1n) is 8.22. The summed E-state index contributed by atoms with van der Waals surface area (Å²) in [4.78, 5) is 30.5. The van der Waals surface area contributed by atoms with E-state index in [0.717, 1.165) is 16.6 Å². The van der Waals surface area contributed by atoms with Crippen LogP contribution < -0.4 is 0 Å². The van der Waals surface area contributed by atoms with E-state index < -0.39 is 11.7 Å². The van der Waals surface area contributed by atoms with Crippen molar-refractivity contribution in [2.75, 3.05) is 13.1 Å². The fourth-order valence-electron chi connectivity index (χ4n) is 2.94. The lowest BCUT2D eigenvalue weighted by molar-refractivity contribution is -0.127. The highest BCUT2D eigenvalue weighted by molar-refractivity contribution is 6.45. The molecule has 2 rings (SSSR count). The summed E-state index contributed by atoms with van der Waals surface area (Å²) in [5.74, 6) is -0.161. The number of benzene rings is 1. The van der Waals surface area contributed by atoms with E-state index in [9.17, 15) is 9.59 Å². The minimum absolute atomic E-state index is 0.328. The van der Waals surface area contributed by atoms with Crippen LogP contribution in [0.2, 0.25) is 0 Å². The molecule has 0 atom stereocenters. The normalized spacial score (nSPS) is 11.4. The van der Waals surface area contributed by atoms with Crippen molar-refractivity contribution in [2.24, 2.45) is 11.8 Å². The van der Waals surface area contributed by atoms with E-state index >= 15 is 0 Å². The van der Waals surface area contributed by atoms with Crippen molar-refractivity contribution < 1.29 is 9.59 Å². The molecule has 0 bridgehead atoms. The summed E-state index contributed by atoms with van der Waals surface area (Å²) >= 11 is 0. The summed E-state index contributed by atoms with van der Waals surface area (Å²) in [7, 11) is 0. The van der Waals surface area contributed by atoms with Crippen LogP contribution >= 0.6 is 0 Å². The molecule has 1 aromatic heterocycles. The predicted molar refractivity (Wildman–Crippen MR) is 93.6 cm³/mol. The van der Waals surface area contributed by atoms with E-state index in [1.54, 1.807) is 4.90 Å². The molecule has 1 amide bonds. The van der Waals surface area contributed by atoms with Gasteiger partial charge in [-0.3, -0.25) is 9.59 Å². The highest BCUT2D eigenvalue weighted by Gasteiger charge is 2.27. The summed E-state index contributed by atoms with van der Waals surface area (Å²) in [6.07, 6.45) is 0. The first-order valence-corrected chi connectivity index (χ1v) is 8.22. The number of aryl methyl sites for hydroxylation is 1. The molecule has 0 radical (unpaired) electrons. The predicted octanol–water partition coefficient (Wildman–Crippen LogP) is 3.80. The summed E-state index contributed by atoms with van der Waals surface area (Å²) in [5.41, 5.74) is 2.14. The molecule has 0 saturated carbocycles. The number of para-hydroxylation sites is 1. The third-order valence-corrected chi connectivity index (χ3v) is 3.77. The number of rotatable bonds is 6. The summed E-state index contributed by atoms with van der Waals surface area (Å²) in [6.45, 7) is 11.3. The van der Waals surface area contributed by atoms with Crippen molar-refractivity contribution in [1.82, 2.24) is 9.88 Å². The smallest absolute Gasteiger partial charge is 0.295 e. The molecule has 0 spiro atoms. The zero-order valence-corrected chi connectivity index (χ0v) is 14.6. The van der Waals surface area contributed by atoms with E-state index in [0.29, 0.717) is 30.5 Å². The van der Waals surface area contributed by atoms with E-state index in [4.69, 9.17) is 0 Å². The lowest BCUT2D eigenvalue weighted by atomic mass is 10.0. The van der Waals surface area contributed by atoms with Crippen molar-refractivity contribution >= 4 is 22.6 Å². The Labute approximate surface area is 137 Å². The van der Waals surface area contributed by atoms with Crippen molar-refractivity contribution in [3.63, 3.8) is 0 Å². The van der Waals surface area contributed by atoms with Crippen LogP contribution in [-0.4, -0.2) is 34.7 Å². The minimum atomic E-state index is -0.416. The van der Waals surface area contributed by atoms with Gasteiger partial charge in [0.2, 0.25) is 0 Å². The number of Topliss-reactive ketones (excluding diaryl/α,β-unsaturated/α-hetero) is 1. The SMILES string of the molecule is Cc1[nH]c2ccccc2c1C(=O)C(=O)N(CC(C)C)CC(C)C. The van der Waals surface area contributed by atoms with Gasteiger partial charge in [-0.25, -0.2) is 0 Å². The van der Waals surface area contributed by atoms with Crippen LogP contribution in [0.25, 0.3) is 10.9 Å². The summed E-state index contributed by atoms with van der Waals surface area (Å²) < 4.78 is 0. The molecule has 1 heterocycles. The molecular formula is C19H26N2O2. The molecule has 0 aliphatic rings. The largest absolute Gasteiger partial charge is 0.358 e. The molecule has 4 heteroatoms. The van der Waals surface area contributed by atoms with Gasteiger partial charge >= 0.3 is 0 Å². The van der Waals surface area contributed by atoms with Crippen molar-refractivity contribution in [3.8, 4) is 0 Å². The van der Waals surface area contributed by atoms with Gasteiger partial charge in [-0.1, -0.05) is 45.9 Å². The van der Waals surface area contributed by atoms with Gasteiger partial charge in [0.1, 0.15) is 0 Å². The van der Waals surface area contributed by atoms with Crippen molar-refractivity contribution in [3.05, 3.63) is 35.5 Å². The van der Waals surface area contributed by atoms with Crippen LogP contribution in [0.5, 0.6) is 0 Å².